The van der Waals surface area contributed by atoms with Crippen LogP contribution in [-0.2, 0) is 17.8 Å². The molecule has 0 saturated carbocycles. The van der Waals surface area contributed by atoms with E-state index in [1.54, 1.807) is 17.6 Å². The lowest BCUT2D eigenvalue weighted by Gasteiger charge is -2.05. The summed E-state index contributed by atoms with van der Waals surface area (Å²) in [5.41, 5.74) is 2.19. The van der Waals surface area contributed by atoms with Gasteiger partial charge in [-0.1, -0.05) is 17.3 Å². The molecule has 23 heavy (non-hydrogen) atoms. The molecular formula is C16H18N4O3. The number of benzene rings is 1. The van der Waals surface area contributed by atoms with Gasteiger partial charge in [-0.15, -0.1) is 0 Å². The smallest absolute Gasteiger partial charge is 0.326 e. The molecule has 1 aromatic carbocycles. The number of nitrogens with zero attached hydrogens (tertiary/aromatic N) is 2. The van der Waals surface area contributed by atoms with E-state index in [-0.39, 0.29) is 18.0 Å². The monoisotopic (exact) mass is 314 g/mol. The van der Waals surface area contributed by atoms with Crippen molar-refractivity contribution in [2.24, 2.45) is 0 Å². The van der Waals surface area contributed by atoms with Gasteiger partial charge in [-0.2, -0.15) is 0 Å². The van der Waals surface area contributed by atoms with Crippen LogP contribution in [0.1, 0.15) is 17.9 Å². The second-order valence-corrected chi connectivity index (χ2v) is 5.41. The molecule has 0 fully saturated rings. The Morgan fingerprint density at radius 2 is 2.22 bits per heavy atom. The predicted octanol–water partition coefficient (Wildman–Crippen LogP) is 1.38. The lowest BCUT2D eigenvalue weighted by molar-refractivity contribution is -0.120. The largest absolute Gasteiger partial charge is 0.361 e. The van der Waals surface area contributed by atoms with E-state index in [1.165, 1.54) is 0 Å². The van der Waals surface area contributed by atoms with Gasteiger partial charge in [-0.05, 0) is 25.5 Å². The number of hydrogen-bond donors (Lipinski definition) is 2. The molecule has 1 amide bonds. The average Bonchev–Trinajstić information content (AvgIpc) is 3.06. The highest BCUT2D eigenvalue weighted by molar-refractivity contribution is 5.78. The maximum atomic E-state index is 11.9. The number of imidazole rings is 1. The summed E-state index contributed by atoms with van der Waals surface area (Å²) in [6.07, 6.45) is 0.871. The van der Waals surface area contributed by atoms with E-state index in [2.05, 4.69) is 15.5 Å². The van der Waals surface area contributed by atoms with Crippen LogP contribution in [0.2, 0.25) is 0 Å². The fraction of sp³-hybridized carbons (Fsp3) is 0.312. The number of aromatic nitrogens is 3. The zero-order valence-electron chi connectivity index (χ0n) is 12.8. The van der Waals surface area contributed by atoms with Crippen molar-refractivity contribution < 1.29 is 9.32 Å². The third-order valence-corrected chi connectivity index (χ3v) is 3.58. The van der Waals surface area contributed by atoms with Crippen molar-refractivity contribution in [2.45, 2.75) is 26.3 Å². The first kappa shape index (κ1) is 15.1. The highest BCUT2D eigenvalue weighted by Gasteiger charge is 2.08. The molecule has 0 aliphatic heterocycles. The van der Waals surface area contributed by atoms with Crippen molar-refractivity contribution >= 4 is 16.9 Å². The Bertz CT molecular complexity index is 875. The van der Waals surface area contributed by atoms with E-state index in [0.717, 1.165) is 11.0 Å². The SMILES string of the molecule is Cc1cc(CC(=O)NCCCn2c(=O)[nH]c3ccccc32)no1. The standard InChI is InChI=1S/C16H18N4O3/c1-11-9-12(19-23-11)10-15(21)17-7-4-8-20-14-6-3-2-5-13(14)18-16(20)22/h2-3,5-6,9H,4,7-8,10H2,1H3,(H,17,21)(H,18,22). The second kappa shape index (κ2) is 6.51. The van der Waals surface area contributed by atoms with Crippen LogP contribution in [0.3, 0.4) is 0 Å². The summed E-state index contributed by atoms with van der Waals surface area (Å²) in [5, 5.41) is 6.61. The van der Waals surface area contributed by atoms with E-state index in [1.807, 2.05) is 24.3 Å². The lowest BCUT2D eigenvalue weighted by atomic mass is 10.2. The van der Waals surface area contributed by atoms with E-state index >= 15 is 0 Å². The number of carbonyl (C=O) groups is 1. The van der Waals surface area contributed by atoms with Crippen molar-refractivity contribution in [3.05, 3.63) is 52.3 Å². The van der Waals surface area contributed by atoms with Gasteiger partial charge in [-0.3, -0.25) is 9.36 Å². The number of aryl methyl sites for hydroxylation is 2. The summed E-state index contributed by atoms with van der Waals surface area (Å²) in [5.74, 6) is 0.580. The van der Waals surface area contributed by atoms with Gasteiger partial charge in [0.1, 0.15) is 5.76 Å². The predicted molar refractivity (Wildman–Crippen MR) is 85.1 cm³/mol. The number of nitrogens with one attached hydrogen (secondary N) is 2. The first-order chi connectivity index (χ1) is 11.1. The zero-order valence-corrected chi connectivity index (χ0v) is 12.8. The van der Waals surface area contributed by atoms with Gasteiger partial charge in [0.05, 0.1) is 23.1 Å². The van der Waals surface area contributed by atoms with Crippen molar-refractivity contribution in [1.29, 1.82) is 0 Å². The van der Waals surface area contributed by atoms with E-state index < -0.39 is 0 Å². The lowest BCUT2D eigenvalue weighted by Crippen LogP contribution is -2.28. The fourth-order valence-corrected chi connectivity index (χ4v) is 2.52. The molecule has 2 N–H and O–H groups in total. The van der Waals surface area contributed by atoms with Crippen molar-refractivity contribution in [3.63, 3.8) is 0 Å². The van der Waals surface area contributed by atoms with Crippen LogP contribution in [-0.4, -0.2) is 27.2 Å². The molecule has 120 valence electrons. The maximum Gasteiger partial charge on any atom is 0.326 e. The first-order valence-electron chi connectivity index (χ1n) is 7.50. The Kier molecular flexibility index (Phi) is 4.27. The number of aromatic amines is 1. The summed E-state index contributed by atoms with van der Waals surface area (Å²) >= 11 is 0. The van der Waals surface area contributed by atoms with Crippen LogP contribution in [0.5, 0.6) is 0 Å². The Balaban J connectivity index is 1.50. The minimum absolute atomic E-state index is 0.107. The molecule has 7 heteroatoms. The molecule has 3 aromatic rings. The highest BCUT2D eigenvalue weighted by Crippen LogP contribution is 2.09. The van der Waals surface area contributed by atoms with Crippen LogP contribution < -0.4 is 11.0 Å². The molecular weight excluding hydrogens is 296 g/mol. The number of H-pyrrole nitrogens is 1. The molecule has 7 nitrogen and oxygen atoms in total. The molecule has 0 aliphatic carbocycles. The van der Waals surface area contributed by atoms with Gasteiger partial charge in [0, 0.05) is 19.2 Å². The molecule has 0 spiro atoms. The highest BCUT2D eigenvalue weighted by atomic mass is 16.5. The fourth-order valence-electron chi connectivity index (χ4n) is 2.52. The average molecular weight is 314 g/mol. The summed E-state index contributed by atoms with van der Waals surface area (Å²) in [7, 11) is 0. The third kappa shape index (κ3) is 3.50. The quantitative estimate of drug-likeness (QED) is 0.672. The van der Waals surface area contributed by atoms with Gasteiger partial charge < -0.3 is 14.8 Å². The Labute approximate surface area is 132 Å². The zero-order chi connectivity index (χ0) is 16.2. The van der Waals surface area contributed by atoms with E-state index in [0.29, 0.717) is 31.0 Å². The minimum Gasteiger partial charge on any atom is -0.361 e. The van der Waals surface area contributed by atoms with Gasteiger partial charge in [0.25, 0.3) is 0 Å². The maximum absolute atomic E-state index is 11.9. The number of carbonyl (C=O) groups excluding carboxylic acids is 1. The normalized spacial score (nSPS) is 11.0. The summed E-state index contributed by atoms with van der Waals surface area (Å²) in [4.78, 5) is 26.5. The Morgan fingerprint density at radius 3 is 3.00 bits per heavy atom. The number of fused-ring (bicyclic) bond motifs is 1. The summed E-state index contributed by atoms with van der Waals surface area (Å²) < 4.78 is 6.61. The molecule has 2 aromatic heterocycles. The Hall–Kier alpha value is -2.83. The number of amides is 1. The number of hydrogen-bond acceptors (Lipinski definition) is 4. The van der Waals surface area contributed by atoms with Crippen LogP contribution in [0.15, 0.2) is 39.6 Å². The van der Waals surface area contributed by atoms with E-state index in [9.17, 15) is 9.59 Å². The first-order valence-corrected chi connectivity index (χ1v) is 7.50. The van der Waals surface area contributed by atoms with Crippen LogP contribution in [0.4, 0.5) is 0 Å². The van der Waals surface area contributed by atoms with E-state index in [4.69, 9.17) is 4.52 Å². The molecule has 3 rings (SSSR count). The van der Waals surface area contributed by atoms with Crippen LogP contribution in [0, 0.1) is 6.92 Å². The molecule has 0 bridgehead atoms. The Morgan fingerprint density at radius 1 is 1.39 bits per heavy atom. The van der Waals surface area contributed by atoms with Crippen molar-refractivity contribution in [1.82, 2.24) is 20.0 Å². The third-order valence-electron chi connectivity index (χ3n) is 3.58. The van der Waals surface area contributed by atoms with Gasteiger partial charge in [-0.25, -0.2) is 4.79 Å². The second-order valence-electron chi connectivity index (χ2n) is 5.41. The molecule has 0 radical (unpaired) electrons. The van der Waals surface area contributed by atoms with Gasteiger partial charge in [0.15, 0.2) is 0 Å². The molecule has 0 atom stereocenters. The van der Waals surface area contributed by atoms with Crippen molar-refractivity contribution in [3.8, 4) is 0 Å². The van der Waals surface area contributed by atoms with Gasteiger partial charge in [0.2, 0.25) is 5.91 Å². The topological polar surface area (TPSA) is 92.9 Å². The summed E-state index contributed by atoms with van der Waals surface area (Å²) in [6, 6.07) is 9.29. The van der Waals surface area contributed by atoms with Crippen LogP contribution in [0.25, 0.3) is 11.0 Å². The summed E-state index contributed by atoms with van der Waals surface area (Å²) in [6.45, 7) is 2.83. The molecule has 0 aliphatic rings. The molecule has 2 heterocycles. The molecule has 0 unspecified atom stereocenters. The minimum atomic E-state index is -0.129. The van der Waals surface area contributed by atoms with Crippen LogP contribution >= 0.6 is 0 Å². The molecule has 0 saturated heterocycles. The number of para-hydroxylation sites is 2. The number of rotatable bonds is 6. The van der Waals surface area contributed by atoms with Crippen molar-refractivity contribution in [2.75, 3.05) is 6.54 Å². The van der Waals surface area contributed by atoms with Gasteiger partial charge >= 0.3 is 5.69 Å².